The van der Waals surface area contributed by atoms with Gasteiger partial charge in [-0.3, -0.25) is 4.79 Å². The van der Waals surface area contributed by atoms with Crippen LogP contribution in [0.2, 0.25) is 0 Å². The summed E-state index contributed by atoms with van der Waals surface area (Å²) in [6.07, 6.45) is -0.180. The van der Waals surface area contributed by atoms with Gasteiger partial charge in [0, 0.05) is 19.5 Å². The van der Waals surface area contributed by atoms with E-state index in [-0.39, 0.29) is 18.9 Å². The Bertz CT molecular complexity index is 615. The Balaban J connectivity index is 2.16. The van der Waals surface area contributed by atoms with Crippen molar-refractivity contribution in [3.8, 4) is 0 Å². The lowest BCUT2D eigenvalue weighted by molar-refractivity contribution is 0.0223. The molecule has 0 radical (unpaired) electrons. The van der Waals surface area contributed by atoms with E-state index in [2.05, 4.69) is 10.1 Å². The van der Waals surface area contributed by atoms with Crippen LogP contribution in [0.25, 0.3) is 0 Å². The molecule has 1 aromatic rings. The molecule has 0 bridgehead atoms. The Labute approximate surface area is 130 Å². The largest absolute Gasteiger partial charge is 0.465 e. The highest BCUT2D eigenvalue weighted by Gasteiger charge is 2.27. The Kier molecular flexibility index (Phi) is 5.73. The topological polar surface area (TPSA) is 64.6 Å². The van der Waals surface area contributed by atoms with Crippen LogP contribution in [0.3, 0.4) is 0 Å². The van der Waals surface area contributed by atoms with Crippen LogP contribution in [0.15, 0.2) is 6.07 Å². The number of morpholine rings is 1. The maximum Gasteiger partial charge on any atom is 0.341 e. The van der Waals surface area contributed by atoms with E-state index in [4.69, 9.17) is 4.74 Å². The number of carbonyl (C=O) groups excluding carboxylic acids is 2. The highest BCUT2D eigenvalue weighted by atomic mass is 19.2. The van der Waals surface area contributed by atoms with E-state index in [1.54, 1.807) is 0 Å². The number of benzene rings is 1. The highest BCUT2D eigenvalue weighted by molar-refractivity contribution is 5.98. The first kappa shape index (κ1) is 17.4. The minimum absolute atomic E-state index is 0.197. The minimum Gasteiger partial charge on any atom is -0.465 e. The van der Waals surface area contributed by atoms with Crippen molar-refractivity contribution in [2.75, 3.05) is 26.8 Å². The smallest absolute Gasteiger partial charge is 0.341 e. The Morgan fingerprint density at radius 3 is 2.70 bits per heavy atom. The van der Waals surface area contributed by atoms with Crippen LogP contribution >= 0.6 is 0 Å². The summed E-state index contributed by atoms with van der Waals surface area (Å²) in [4.78, 5) is 23.2. The maximum atomic E-state index is 13.9. The second-order valence-electron chi connectivity index (χ2n) is 5.06. The maximum absolute atomic E-state index is 13.9. The molecule has 1 heterocycles. The van der Waals surface area contributed by atoms with Crippen molar-refractivity contribution in [2.24, 2.45) is 0 Å². The number of rotatable bonds is 5. The SMILES string of the molecule is COC(=O)c1cc(F)c(C(=O)CC[C@H]2CNCCO2)c(F)c1F. The van der Waals surface area contributed by atoms with Gasteiger partial charge in [-0.2, -0.15) is 0 Å². The predicted molar refractivity (Wildman–Crippen MR) is 73.8 cm³/mol. The summed E-state index contributed by atoms with van der Waals surface area (Å²) in [7, 11) is 0.953. The van der Waals surface area contributed by atoms with E-state index in [1.165, 1.54) is 0 Å². The van der Waals surface area contributed by atoms with Crippen molar-refractivity contribution in [1.82, 2.24) is 5.32 Å². The average Bonchev–Trinajstić information content (AvgIpc) is 2.56. The zero-order valence-corrected chi connectivity index (χ0v) is 12.5. The van der Waals surface area contributed by atoms with Crippen LogP contribution in [0, 0.1) is 17.5 Å². The summed E-state index contributed by atoms with van der Waals surface area (Å²) < 4.78 is 51.3. The molecule has 126 valence electrons. The van der Waals surface area contributed by atoms with Crippen molar-refractivity contribution < 1.29 is 32.2 Å². The molecule has 0 spiro atoms. The first-order valence-corrected chi connectivity index (χ1v) is 7.07. The van der Waals surface area contributed by atoms with Gasteiger partial charge in [-0.1, -0.05) is 0 Å². The second-order valence-corrected chi connectivity index (χ2v) is 5.06. The number of ether oxygens (including phenoxy) is 2. The van der Waals surface area contributed by atoms with Gasteiger partial charge in [0.05, 0.1) is 25.4 Å². The molecule has 0 saturated carbocycles. The molecule has 0 aliphatic carbocycles. The summed E-state index contributed by atoms with van der Waals surface area (Å²) in [5.41, 5.74) is -1.88. The van der Waals surface area contributed by atoms with E-state index in [9.17, 15) is 22.8 Å². The molecule has 0 aromatic heterocycles. The number of hydrogen-bond donors (Lipinski definition) is 1. The van der Waals surface area contributed by atoms with Crippen molar-refractivity contribution in [2.45, 2.75) is 18.9 Å². The summed E-state index contributed by atoms with van der Waals surface area (Å²) in [5.74, 6) is -6.68. The number of ketones is 1. The van der Waals surface area contributed by atoms with Gasteiger partial charge in [0.1, 0.15) is 11.4 Å². The van der Waals surface area contributed by atoms with Gasteiger partial charge in [-0.25, -0.2) is 18.0 Å². The fourth-order valence-electron chi connectivity index (χ4n) is 2.33. The number of Topliss-reactive ketones (excluding diaryl/α,β-unsaturated/α-hetero) is 1. The van der Waals surface area contributed by atoms with Crippen molar-refractivity contribution >= 4 is 11.8 Å². The molecule has 1 saturated heterocycles. The van der Waals surface area contributed by atoms with Gasteiger partial charge in [0.25, 0.3) is 0 Å². The molecule has 5 nitrogen and oxygen atoms in total. The van der Waals surface area contributed by atoms with E-state index >= 15 is 0 Å². The van der Waals surface area contributed by atoms with Gasteiger partial charge in [0.2, 0.25) is 0 Å². The molecule has 1 atom stereocenters. The van der Waals surface area contributed by atoms with E-state index in [0.717, 1.165) is 7.11 Å². The summed E-state index contributed by atoms with van der Waals surface area (Å²) in [6, 6.07) is 0.468. The zero-order valence-electron chi connectivity index (χ0n) is 12.5. The molecule has 1 aliphatic rings. The van der Waals surface area contributed by atoms with Gasteiger partial charge >= 0.3 is 5.97 Å². The van der Waals surface area contributed by atoms with E-state index in [0.29, 0.717) is 25.8 Å². The molecule has 1 aromatic carbocycles. The van der Waals surface area contributed by atoms with Crippen molar-refractivity contribution in [3.63, 3.8) is 0 Å². The molecule has 2 rings (SSSR count). The van der Waals surface area contributed by atoms with Gasteiger partial charge < -0.3 is 14.8 Å². The molecule has 1 N–H and O–H groups in total. The molecule has 8 heteroatoms. The molecular weight excluding hydrogens is 315 g/mol. The van der Waals surface area contributed by atoms with Gasteiger partial charge in [-0.05, 0) is 12.5 Å². The number of carbonyl (C=O) groups is 2. The summed E-state index contributed by atoms with van der Waals surface area (Å²) in [6.45, 7) is 1.73. The van der Waals surface area contributed by atoms with Crippen LogP contribution in [-0.4, -0.2) is 44.7 Å². The second kappa shape index (κ2) is 7.56. The van der Waals surface area contributed by atoms with Crippen LogP contribution in [0.1, 0.15) is 33.6 Å². The fraction of sp³-hybridized carbons (Fsp3) is 0.467. The predicted octanol–water partition coefficient (Wildman–Crippen LogP) is 1.84. The Morgan fingerprint density at radius 1 is 1.35 bits per heavy atom. The van der Waals surface area contributed by atoms with Crippen LogP contribution < -0.4 is 5.32 Å². The lowest BCUT2D eigenvalue weighted by atomic mass is 10.0. The molecule has 0 amide bonds. The van der Waals surface area contributed by atoms with Crippen molar-refractivity contribution in [1.29, 1.82) is 0 Å². The first-order valence-electron chi connectivity index (χ1n) is 7.07. The van der Waals surface area contributed by atoms with Gasteiger partial charge in [0.15, 0.2) is 17.4 Å². The minimum atomic E-state index is -1.68. The third-order valence-electron chi connectivity index (χ3n) is 3.54. The summed E-state index contributed by atoms with van der Waals surface area (Å²) >= 11 is 0. The number of halogens is 3. The van der Waals surface area contributed by atoms with Crippen LogP contribution in [0.5, 0.6) is 0 Å². The van der Waals surface area contributed by atoms with Crippen molar-refractivity contribution in [3.05, 3.63) is 34.6 Å². The third kappa shape index (κ3) is 3.89. The third-order valence-corrected chi connectivity index (χ3v) is 3.54. The number of hydrogen-bond acceptors (Lipinski definition) is 5. The van der Waals surface area contributed by atoms with E-state index in [1.807, 2.05) is 0 Å². The van der Waals surface area contributed by atoms with Crippen LogP contribution in [0.4, 0.5) is 13.2 Å². The summed E-state index contributed by atoms with van der Waals surface area (Å²) in [5, 5.41) is 3.06. The lowest BCUT2D eigenvalue weighted by Gasteiger charge is -2.23. The first-order chi connectivity index (χ1) is 11.0. The molecule has 1 fully saturated rings. The number of methoxy groups -OCH3 is 1. The lowest BCUT2D eigenvalue weighted by Crippen LogP contribution is -2.38. The zero-order chi connectivity index (χ0) is 17.0. The molecular formula is C15H16F3NO4. The Morgan fingerprint density at radius 2 is 2.09 bits per heavy atom. The Hall–Kier alpha value is -1.93. The van der Waals surface area contributed by atoms with Gasteiger partial charge in [-0.15, -0.1) is 0 Å². The average molecular weight is 331 g/mol. The molecule has 23 heavy (non-hydrogen) atoms. The molecule has 1 aliphatic heterocycles. The quantitative estimate of drug-likeness (QED) is 0.507. The normalized spacial score (nSPS) is 17.8. The van der Waals surface area contributed by atoms with Crippen LogP contribution in [-0.2, 0) is 9.47 Å². The highest BCUT2D eigenvalue weighted by Crippen LogP contribution is 2.23. The molecule has 0 unspecified atom stereocenters. The standard InChI is InChI=1S/C15H16F3NO4/c1-22-15(21)9-6-10(16)12(14(18)13(9)17)11(20)3-2-8-7-19-4-5-23-8/h6,8,19H,2-5,7H2,1H3/t8-/m0/s1. The monoisotopic (exact) mass is 331 g/mol. The number of esters is 1. The fourth-order valence-corrected chi connectivity index (χ4v) is 2.33. The van der Waals surface area contributed by atoms with E-state index < -0.39 is 40.3 Å². The number of nitrogens with one attached hydrogen (secondary N) is 1.